The Morgan fingerprint density at radius 3 is 2.57 bits per heavy atom. The molecule has 0 aromatic heterocycles. The Kier molecular flexibility index (Phi) is 5.67. The Morgan fingerprint density at radius 1 is 1.17 bits per heavy atom. The summed E-state index contributed by atoms with van der Waals surface area (Å²) in [4.78, 5) is 37.5. The maximum atomic E-state index is 12.9. The summed E-state index contributed by atoms with van der Waals surface area (Å²) >= 11 is 1.33. The van der Waals surface area contributed by atoms with Crippen molar-refractivity contribution in [2.45, 2.75) is 30.8 Å². The molecule has 0 saturated heterocycles. The third kappa shape index (κ3) is 4.00. The van der Waals surface area contributed by atoms with Gasteiger partial charge in [0.2, 0.25) is 12.7 Å². The van der Waals surface area contributed by atoms with E-state index in [1.54, 1.807) is 50.2 Å². The molecule has 0 radical (unpaired) electrons. The topological polar surface area (TPSA) is 90.9 Å². The van der Waals surface area contributed by atoms with E-state index in [4.69, 9.17) is 14.2 Å². The minimum Gasteiger partial charge on any atom is -0.462 e. The van der Waals surface area contributed by atoms with Gasteiger partial charge in [0.25, 0.3) is 0 Å². The van der Waals surface area contributed by atoms with E-state index in [0.29, 0.717) is 41.3 Å². The lowest BCUT2D eigenvalue weighted by molar-refractivity contribution is -0.115. The molecule has 7 nitrogen and oxygen atoms in total. The summed E-state index contributed by atoms with van der Waals surface area (Å²) in [6.07, 6.45) is 0.402. The van der Waals surface area contributed by atoms with Gasteiger partial charge >= 0.3 is 5.97 Å². The number of hydrogen-bond donors (Lipinski definition) is 1. The van der Waals surface area contributed by atoms with E-state index in [2.05, 4.69) is 5.32 Å². The number of amides is 1. The van der Waals surface area contributed by atoms with Crippen molar-refractivity contribution < 1.29 is 28.6 Å². The molecular weight excluding hydrogens is 406 g/mol. The average molecular weight is 427 g/mol. The van der Waals surface area contributed by atoms with Crippen molar-refractivity contribution in [3.63, 3.8) is 0 Å². The molecule has 4 rings (SSSR count). The van der Waals surface area contributed by atoms with Gasteiger partial charge in [-0.1, -0.05) is 0 Å². The highest BCUT2D eigenvalue weighted by Crippen LogP contribution is 2.39. The van der Waals surface area contributed by atoms with Gasteiger partial charge in [-0.15, -0.1) is 11.8 Å². The van der Waals surface area contributed by atoms with Crippen molar-refractivity contribution in [2.75, 3.05) is 18.7 Å². The van der Waals surface area contributed by atoms with Gasteiger partial charge in [0.05, 0.1) is 22.7 Å². The fourth-order valence-electron chi connectivity index (χ4n) is 3.44. The first-order valence-electron chi connectivity index (χ1n) is 9.66. The third-order valence-corrected chi connectivity index (χ3v) is 6.29. The maximum absolute atomic E-state index is 12.9. The largest absolute Gasteiger partial charge is 0.462 e. The predicted molar refractivity (Wildman–Crippen MR) is 112 cm³/mol. The van der Waals surface area contributed by atoms with Gasteiger partial charge in [0, 0.05) is 11.3 Å². The smallest absolute Gasteiger partial charge is 0.338 e. The molecule has 2 heterocycles. The molecule has 0 aliphatic carbocycles. The van der Waals surface area contributed by atoms with E-state index in [0.717, 1.165) is 5.56 Å². The van der Waals surface area contributed by atoms with Gasteiger partial charge < -0.3 is 19.5 Å². The van der Waals surface area contributed by atoms with Crippen LogP contribution >= 0.6 is 11.8 Å². The monoisotopic (exact) mass is 427 g/mol. The van der Waals surface area contributed by atoms with Crippen LogP contribution in [-0.2, 0) is 16.0 Å². The van der Waals surface area contributed by atoms with Crippen LogP contribution in [0.15, 0.2) is 36.4 Å². The summed E-state index contributed by atoms with van der Waals surface area (Å²) in [5, 5.41) is 2.06. The lowest BCUT2D eigenvalue weighted by Crippen LogP contribution is -2.28. The molecule has 2 aromatic rings. The fraction of sp³-hybridized carbons (Fsp3) is 0.318. The second kappa shape index (κ2) is 8.39. The van der Waals surface area contributed by atoms with Crippen LogP contribution in [-0.4, -0.2) is 41.6 Å². The first-order valence-corrected chi connectivity index (χ1v) is 10.6. The number of thioether (sulfide) groups is 1. The number of carbonyl (C=O) groups excluding carboxylic acids is 3. The van der Waals surface area contributed by atoms with Gasteiger partial charge in [-0.05, 0) is 62.2 Å². The number of hydrogen-bond acceptors (Lipinski definition) is 7. The Hall–Kier alpha value is -3.00. The summed E-state index contributed by atoms with van der Waals surface area (Å²) in [5.74, 6) is 0.521. The zero-order chi connectivity index (χ0) is 21.3. The summed E-state index contributed by atoms with van der Waals surface area (Å²) < 4.78 is 15.8. The zero-order valence-corrected chi connectivity index (χ0v) is 17.4. The van der Waals surface area contributed by atoms with Gasteiger partial charge in [-0.25, -0.2) is 4.79 Å². The normalized spacial score (nSPS) is 19.6. The molecular formula is C22H21NO6S. The summed E-state index contributed by atoms with van der Waals surface area (Å²) in [7, 11) is 0. The molecule has 8 heteroatoms. The van der Waals surface area contributed by atoms with E-state index in [1.807, 2.05) is 0 Å². The fourth-order valence-corrected chi connectivity index (χ4v) is 4.64. The lowest BCUT2D eigenvalue weighted by atomic mass is 9.97. The standard InChI is InChI=1S/C22H21NO6S/c1-3-27-22(26)13-4-6-15(7-5-13)23-21(25)19-9-14-8-17-18(29-11-28-17)10-16(14)20(24)12(2)30-19/h4-8,10,12,19H,3,9,11H2,1-2H3,(H,23,25)/t12-,19+/m0/s1. The number of carbonyl (C=O) groups is 3. The van der Waals surface area contributed by atoms with Crippen molar-refractivity contribution in [1.82, 2.24) is 0 Å². The maximum Gasteiger partial charge on any atom is 0.338 e. The summed E-state index contributed by atoms with van der Waals surface area (Å²) in [6.45, 7) is 3.98. The third-order valence-electron chi connectivity index (χ3n) is 4.96. The second-order valence-electron chi connectivity index (χ2n) is 6.99. The molecule has 0 saturated carbocycles. The molecule has 2 aromatic carbocycles. The minimum absolute atomic E-state index is 0.0256. The van der Waals surface area contributed by atoms with Gasteiger partial charge in [0.1, 0.15) is 0 Å². The number of ketones is 1. The lowest BCUT2D eigenvalue weighted by Gasteiger charge is -2.16. The molecule has 30 heavy (non-hydrogen) atoms. The van der Waals surface area contributed by atoms with Crippen LogP contribution in [0.1, 0.15) is 40.1 Å². The van der Waals surface area contributed by atoms with Crippen molar-refractivity contribution in [2.24, 2.45) is 0 Å². The Labute approximate surface area is 178 Å². The molecule has 0 spiro atoms. The Bertz CT molecular complexity index is 1000. The van der Waals surface area contributed by atoms with Crippen LogP contribution < -0.4 is 14.8 Å². The Morgan fingerprint density at radius 2 is 1.87 bits per heavy atom. The van der Waals surface area contributed by atoms with Gasteiger partial charge in [-0.2, -0.15) is 0 Å². The van der Waals surface area contributed by atoms with Crippen molar-refractivity contribution in [3.05, 3.63) is 53.1 Å². The number of nitrogens with one attached hydrogen (secondary N) is 1. The van der Waals surface area contributed by atoms with Crippen LogP contribution in [0.2, 0.25) is 0 Å². The van der Waals surface area contributed by atoms with Gasteiger partial charge in [0.15, 0.2) is 17.3 Å². The molecule has 156 valence electrons. The van der Waals surface area contributed by atoms with Crippen LogP contribution in [0.5, 0.6) is 11.5 Å². The molecule has 2 aliphatic heterocycles. The highest BCUT2D eigenvalue weighted by molar-refractivity contribution is 8.01. The van der Waals surface area contributed by atoms with E-state index in [9.17, 15) is 14.4 Å². The molecule has 0 bridgehead atoms. The number of esters is 1. The van der Waals surface area contributed by atoms with E-state index in [1.165, 1.54) is 11.8 Å². The number of anilines is 1. The number of ether oxygens (including phenoxy) is 3. The molecule has 1 N–H and O–H groups in total. The molecule has 0 unspecified atom stereocenters. The van der Waals surface area contributed by atoms with Gasteiger partial charge in [-0.3, -0.25) is 9.59 Å². The van der Waals surface area contributed by atoms with Crippen LogP contribution in [0.3, 0.4) is 0 Å². The van der Waals surface area contributed by atoms with Crippen LogP contribution in [0.25, 0.3) is 0 Å². The summed E-state index contributed by atoms with van der Waals surface area (Å²) in [5.41, 5.74) is 2.35. The second-order valence-corrected chi connectivity index (χ2v) is 8.53. The highest BCUT2D eigenvalue weighted by atomic mass is 32.2. The highest BCUT2D eigenvalue weighted by Gasteiger charge is 2.33. The average Bonchev–Trinajstić information content (AvgIpc) is 3.15. The quantitative estimate of drug-likeness (QED) is 0.747. The van der Waals surface area contributed by atoms with E-state index >= 15 is 0 Å². The molecule has 2 aliphatic rings. The zero-order valence-electron chi connectivity index (χ0n) is 16.6. The molecule has 1 amide bonds. The first-order chi connectivity index (χ1) is 14.5. The number of benzene rings is 2. The van der Waals surface area contributed by atoms with Crippen molar-refractivity contribution >= 4 is 35.1 Å². The number of rotatable bonds is 4. The number of fused-ring (bicyclic) bond motifs is 2. The van der Waals surface area contributed by atoms with Crippen LogP contribution in [0, 0.1) is 0 Å². The van der Waals surface area contributed by atoms with Crippen molar-refractivity contribution in [1.29, 1.82) is 0 Å². The SMILES string of the molecule is CCOC(=O)c1ccc(NC(=O)[C@H]2Cc3cc4c(cc3C(=O)[C@H](C)S2)OCO4)cc1. The predicted octanol–water partition coefficient (Wildman–Crippen LogP) is 3.46. The molecule has 0 fully saturated rings. The van der Waals surface area contributed by atoms with Crippen LogP contribution in [0.4, 0.5) is 5.69 Å². The molecule has 2 atom stereocenters. The Balaban J connectivity index is 1.51. The minimum atomic E-state index is -0.449. The van der Waals surface area contributed by atoms with E-state index in [-0.39, 0.29) is 23.7 Å². The van der Waals surface area contributed by atoms with Crippen molar-refractivity contribution in [3.8, 4) is 11.5 Å². The summed E-state index contributed by atoms with van der Waals surface area (Å²) in [6, 6.07) is 10.0. The first kappa shape index (κ1) is 20.3. The number of Topliss-reactive ketones (excluding diaryl/α,β-unsaturated/α-hetero) is 1. The van der Waals surface area contributed by atoms with E-state index < -0.39 is 11.2 Å².